The van der Waals surface area contributed by atoms with E-state index < -0.39 is 15.4 Å². The molecular weight excluding hydrogens is 188 g/mol. The summed E-state index contributed by atoms with van der Waals surface area (Å²) in [4.78, 5) is 0. The average Bonchev–Trinajstić information content (AvgIpc) is 2.60. The van der Waals surface area contributed by atoms with Crippen LogP contribution in [0.25, 0.3) is 0 Å². The molecule has 2 rings (SSSR count). The van der Waals surface area contributed by atoms with E-state index in [0.717, 1.165) is 18.8 Å². The summed E-state index contributed by atoms with van der Waals surface area (Å²) in [6, 6.07) is 0. The monoisotopic (exact) mass is 204 g/mol. The van der Waals surface area contributed by atoms with Gasteiger partial charge in [-0.25, -0.2) is 0 Å². The molecule has 2 aliphatic rings. The molecule has 2 fully saturated rings. The summed E-state index contributed by atoms with van der Waals surface area (Å²) in [6.45, 7) is 1.64. The number of hydrogen-bond donors (Lipinski definition) is 1. The average molecular weight is 204 g/mol. The second kappa shape index (κ2) is 2.95. The van der Waals surface area contributed by atoms with Gasteiger partial charge in [0.1, 0.15) is 0 Å². The Balaban J connectivity index is 2.11. The van der Waals surface area contributed by atoms with Gasteiger partial charge in [-0.05, 0) is 43.9 Å². The highest BCUT2D eigenvalue weighted by Gasteiger charge is 2.44. The molecule has 4 atom stereocenters. The van der Waals surface area contributed by atoms with Gasteiger partial charge in [-0.2, -0.15) is 8.42 Å². The SMILES string of the molecule is CC(C1CC2CCC1C2)S(=O)(=O)O. The standard InChI is InChI=1S/C9H16O3S/c1-6(13(10,11)12)9-5-7-2-3-8(9)4-7/h6-9H,2-5H2,1H3,(H,10,11,12). The molecule has 76 valence electrons. The third-order valence-electron chi connectivity index (χ3n) is 3.87. The van der Waals surface area contributed by atoms with Crippen molar-refractivity contribution in [2.24, 2.45) is 17.8 Å². The first-order chi connectivity index (χ1) is 5.98. The predicted octanol–water partition coefficient (Wildman–Crippen LogP) is 1.70. The van der Waals surface area contributed by atoms with Crippen LogP contribution in [0.15, 0.2) is 0 Å². The largest absolute Gasteiger partial charge is 0.285 e. The lowest BCUT2D eigenvalue weighted by molar-refractivity contribution is 0.313. The molecule has 0 saturated heterocycles. The van der Waals surface area contributed by atoms with E-state index in [1.165, 1.54) is 12.8 Å². The van der Waals surface area contributed by atoms with Crippen LogP contribution >= 0.6 is 0 Å². The second-order valence-electron chi connectivity index (χ2n) is 4.56. The summed E-state index contributed by atoms with van der Waals surface area (Å²) < 4.78 is 30.8. The van der Waals surface area contributed by atoms with E-state index in [4.69, 9.17) is 4.55 Å². The summed E-state index contributed by atoms with van der Waals surface area (Å²) in [7, 11) is -3.81. The smallest absolute Gasteiger partial charge is 0.267 e. The van der Waals surface area contributed by atoms with Gasteiger partial charge in [0, 0.05) is 0 Å². The zero-order valence-electron chi connectivity index (χ0n) is 7.81. The normalized spacial score (nSPS) is 40.9. The number of rotatable bonds is 2. The number of fused-ring (bicyclic) bond motifs is 2. The fraction of sp³-hybridized carbons (Fsp3) is 1.00. The zero-order chi connectivity index (χ0) is 9.64. The van der Waals surface area contributed by atoms with Gasteiger partial charge >= 0.3 is 0 Å². The van der Waals surface area contributed by atoms with Crippen LogP contribution in [-0.2, 0) is 10.1 Å². The van der Waals surface area contributed by atoms with Crippen molar-refractivity contribution in [1.82, 2.24) is 0 Å². The van der Waals surface area contributed by atoms with Crippen LogP contribution in [0.4, 0.5) is 0 Å². The first-order valence-electron chi connectivity index (χ1n) is 4.95. The molecule has 2 saturated carbocycles. The van der Waals surface area contributed by atoms with Crippen molar-refractivity contribution < 1.29 is 13.0 Å². The van der Waals surface area contributed by atoms with E-state index in [0.29, 0.717) is 5.92 Å². The molecule has 1 N–H and O–H groups in total. The van der Waals surface area contributed by atoms with Crippen molar-refractivity contribution in [3.63, 3.8) is 0 Å². The second-order valence-corrected chi connectivity index (χ2v) is 6.33. The minimum absolute atomic E-state index is 0.216. The Labute approximate surface area is 79.3 Å². The Morgan fingerprint density at radius 1 is 1.31 bits per heavy atom. The van der Waals surface area contributed by atoms with Gasteiger partial charge in [-0.1, -0.05) is 6.42 Å². The van der Waals surface area contributed by atoms with Crippen LogP contribution in [0, 0.1) is 17.8 Å². The van der Waals surface area contributed by atoms with Crippen LogP contribution in [-0.4, -0.2) is 18.2 Å². The maximum absolute atomic E-state index is 11.0. The van der Waals surface area contributed by atoms with Gasteiger partial charge in [0.05, 0.1) is 5.25 Å². The van der Waals surface area contributed by atoms with Crippen LogP contribution in [0.3, 0.4) is 0 Å². The van der Waals surface area contributed by atoms with Gasteiger partial charge in [-0.15, -0.1) is 0 Å². The molecule has 4 unspecified atom stereocenters. The highest BCUT2D eigenvalue weighted by molar-refractivity contribution is 7.86. The molecule has 0 aromatic rings. The summed E-state index contributed by atoms with van der Waals surface area (Å²) >= 11 is 0. The first kappa shape index (κ1) is 9.46. The van der Waals surface area contributed by atoms with Crippen molar-refractivity contribution in [3.8, 4) is 0 Å². The summed E-state index contributed by atoms with van der Waals surface area (Å²) in [6.07, 6.45) is 4.62. The van der Waals surface area contributed by atoms with Crippen LogP contribution in [0.2, 0.25) is 0 Å². The molecule has 0 aromatic heterocycles. The Kier molecular flexibility index (Phi) is 2.15. The molecule has 2 aliphatic carbocycles. The Morgan fingerprint density at radius 3 is 2.38 bits per heavy atom. The van der Waals surface area contributed by atoms with Crippen LogP contribution < -0.4 is 0 Å². The maximum Gasteiger partial charge on any atom is 0.267 e. The van der Waals surface area contributed by atoms with E-state index in [2.05, 4.69) is 0 Å². The van der Waals surface area contributed by atoms with Gasteiger partial charge in [0.15, 0.2) is 0 Å². The molecule has 13 heavy (non-hydrogen) atoms. The van der Waals surface area contributed by atoms with Crippen molar-refractivity contribution >= 4 is 10.1 Å². The maximum atomic E-state index is 11.0. The third-order valence-corrected chi connectivity index (χ3v) is 5.15. The molecule has 0 heterocycles. The lowest BCUT2D eigenvalue weighted by Gasteiger charge is -2.25. The fourth-order valence-electron chi connectivity index (χ4n) is 3.09. The third kappa shape index (κ3) is 1.62. The van der Waals surface area contributed by atoms with Gasteiger partial charge in [-0.3, -0.25) is 4.55 Å². The van der Waals surface area contributed by atoms with E-state index in [-0.39, 0.29) is 5.92 Å². The highest BCUT2D eigenvalue weighted by Crippen LogP contribution is 2.50. The van der Waals surface area contributed by atoms with Gasteiger partial charge in [0.2, 0.25) is 0 Å². The van der Waals surface area contributed by atoms with Crippen molar-refractivity contribution in [2.75, 3.05) is 0 Å². The molecule has 0 radical (unpaired) electrons. The van der Waals surface area contributed by atoms with E-state index in [1.54, 1.807) is 6.92 Å². The zero-order valence-corrected chi connectivity index (χ0v) is 8.63. The van der Waals surface area contributed by atoms with E-state index in [9.17, 15) is 8.42 Å². The summed E-state index contributed by atoms with van der Waals surface area (Å²) in [5.74, 6) is 1.51. The molecule has 0 aliphatic heterocycles. The van der Waals surface area contributed by atoms with E-state index in [1.807, 2.05) is 0 Å². The quantitative estimate of drug-likeness (QED) is 0.696. The molecule has 0 spiro atoms. The van der Waals surface area contributed by atoms with Crippen LogP contribution in [0.1, 0.15) is 32.6 Å². The minimum atomic E-state index is -3.81. The predicted molar refractivity (Wildman–Crippen MR) is 49.9 cm³/mol. The highest BCUT2D eigenvalue weighted by atomic mass is 32.2. The first-order valence-corrected chi connectivity index (χ1v) is 6.45. The molecule has 2 bridgehead atoms. The molecule has 3 nitrogen and oxygen atoms in total. The Hall–Kier alpha value is -0.0900. The summed E-state index contributed by atoms with van der Waals surface area (Å²) in [5.41, 5.74) is 0. The lowest BCUT2D eigenvalue weighted by Crippen LogP contribution is -2.30. The van der Waals surface area contributed by atoms with Crippen molar-refractivity contribution in [1.29, 1.82) is 0 Å². The van der Waals surface area contributed by atoms with E-state index >= 15 is 0 Å². The molecular formula is C9H16O3S. The van der Waals surface area contributed by atoms with Gasteiger partial charge in [0.25, 0.3) is 10.1 Å². The molecule has 0 aromatic carbocycles. The van der Waals surface area contributed by atoms with Gasteiger partial charge < -0.3 is 0 Å². The molecule has 4 heteroatoms. The fourth-order valence-corrected chi connectivity index (χ4v) is 3.86. The Bertz CT molecular complexity index is 296. The molecule has 0 amide bonds. The minimum Gasteiger partial charge on any atom is -0.285 e. The van der Waals surface area contributed by atoms with Crippen LogP contribution in [0.5, 0.6) is 0 Å². The number of hydrogen-bond acceptors (Lipinski definition) is 2. The Morgan fingerprint density at radius 2 is 2.00 bits per heavy atom. The summed E-state index contributed by atoms with van der Waals surface area (Å²) in [5, 5.41) is -0.553. The topological polar surface area (TPSA) is 54.4 Å². The lowest BCUT2D eigenvalue weighted by atomic mass is 9.87. The van der Waals surface area contributed by atoms with Crippen molar-refractivity contribution in [3.05, 3.63) is 0 Å². The van der Waals surface area contributed by atoms with Crippen molar-refractivity contribution in [2.45, 2.75) is 37.9 Å².